The maximum Gasteiger partial charge on any atom is 0.0555 e. The highest BCUT2D eigenvalue weighted by Gasteiger charge is 1.84. The van der Waals surface area contributed by atoms with E-state index in [2.05, 4.69) is 37.7 Å². The molecule has 0 spiro atoms. The summed E-state index contributed by atoms with van der Waals surface area (Å²) < 4.78 is 0. The van der Waals surface area contributed by atoms with Crippen molar-refractivity contribution >= 4 is 0 Å². The fourth-order valence-electron chi connectivity index (χ4n) is 2.08. The van der Waals surface area contributed by atoms with Gasteiger partial charge in [0.25, 0.3) is 0 Å². The predicted molar refractivity (Wildman–Crippen MR) is 105 cm³/mol. The minimum atomic E-state index is 0.961. The Morgan fingerprint density at radius 3 is 1.17 bits per heavy atom. The van der Waals surface area contributed by atoms with Gasteiger partial charge in [-0.05, 0) is 6.92 Å². The van der Waals surface area contributed by atoms with Gasteiger partial charge in [-0.15, -0.1) is 0 Å². The average molecular weight is 323 g/mol. The molecule has 1 aromatic heterocycles. The van der Waals surface area contributed by atoms with Gasteiger partial charge in [-0.1, -0.05) is 105 Å². The zero-order valence-corrected chi connectivity index (χ0v) is 16.6. The third-order valence-corrected chi connectivity index (χ3v) is 3.61. The summed E-state index contributed by atoms with van der Waals surface area (Å²) in [6, 6.07) is 0. The molecule has 0 atom stereocenters. The lowest BCUT2D eigenvalue weighted by molar-refractivity contribution is 0.624. The Morgan fingerprint density at radius 2 is 1.00 bits per heavy atom. The van der Waals surface area contributed by atoms with E-state index in [9.17, 15) is 0 Å². The van der Waals surface area contributed by atoms with Crippen LogP contribution in [0.5, 0.6) is 0 Å². The Hall–Kier alpha value is -0.920. The summed E-state index contributed by atoms with van der Waals surface area (Å²) in [6.07, 6.45) is 22.0. The molecule has 1 aromatic rings. The van der Waals surface area contributed by atoms with Crippen molar-refractivity contribution in [2.24, 2.45) is 0 Å². The summed E-state index contributed by atoms with van der Waals surface area (Å²) in [4.78, 5) is 7.74. The van der Waals surface area contributed by atoms with Gasteiger partial charge in [0.2, 0.25) is 0 Å². The lowest BCUT2D eigenvalue weighted by atomic mass is 10.1. The molecule has 0 amide bonds. The van der Waals surface area contributed by atoms with E-state index in [0.717, 1.165) is 5.69 Å². The second kappa shape index (κ2) is 23.3. The minimum Gasteiger partial charge on any atom is -0.261 e. The molecule has 1 rings (SSSR count). The molecule has 2 heteroatoms. The molecule has 136 valence electrons. The third kappa shape index (κ3) is 26.3. The van der Waals surface area contributed by atoms with Crippen LogP contribution in [0, 0.1) is 6.92 Å². The van der Waals surface area contributed by atoms with Crippen LogP contribution in [0.3, 0.4) is 0 Å². The third-order valence-electron chi connectivity index (χ3n) is 3.61. The first-order valence-corrected chi connectivity index (χ1v) is 9.95. The molecule has 0 aliphatic rings. The summed E-state index contributed by atoms with van der Waals surface area (Å²) in [5.74, 6) is 0. The molecule has 0 aromatic carbocycles. The molecule has 0 bridgehead atoms. The number of hydrogen-bond donors (Lipinski definition) is 0. The average Bonchev–Trinajstić information content (AvgIpc) is 2.58. The second-order valence-corrected chi connectivity index (χ2v) is 6.18. The van der Waals surface area contributed by atoms with Crippen molar-refractivity contribution in [1.82, 2.24) is 9.97 Å². The lowest BCUT2D eigenvalue weighted by Gasteiger charge is -1.93. The lowest BCUT2D eigenvalue weighted by Crippen LogP contribution is -1.77. The highest BCUT2D eigenvalue weighted by atomic mass is 14.7. The molecule has 0 aliphatic carbocycles. The normalized spacial score (nSPS) is 9.43. The fourth-order valence-corrected chi connectivity index (χ4v) is 2.08. The van der Waals surface area contributed by atoms with Crippen molar-refractivity contribution in [1.29, 1.82) is 0 Å². The topological polar surface area (TPSA) is 25.8 Å². The van der Waals surface area contributed by atoms with Gasteiger partial charge in [0.15, 0.2) is 0 Å². The van der Waals surface area contributed by atoms with Crippen LogP contribution in [0.4, 0.5) is 0 Å². The molecule has 2 nitrogen and oxygen atoms in total. The van der Waals surface area contributed by atoms with Gasteiger partial charge in [-0.3, -0.25) is 9.97 Å². The predicted octanol–water partition coefficient (Wildman–Crippen LogP) is 7.52. The molecule has 0 radical (unpaired) electrons. The van der Waals surface area contributed by atoms with Crippen LogP contribution < -0.4 is 0 Å². The van der Waals surface area contributed by atoms with E-state index in [-0.39, 0.29) is 0 Å². The number of aromatic nitrogens is 2. The van der Waals surface area contributed by atoms with E-state index < -0.39 is 0 Å². The Morgan fingerprint density at radius 1 is 0.609 bits per heavy atom. The molecule has 1 heterocycles. The van der Waals surface area contributed by atoms with E-state index in [1.165, 1.54) is 77.0 Å². The minimum absolute atomic E-state index is 0.961. The first-order chi connectivity index (χ1) is 11.2. The molecule has 0 N–H and O–H groups in total. The van der Waals surface area contributed by atoms with Crippen LogP contribution in [0.1, 0.15) is 110 Å². The summed E-state index contributed by atoms with van der Waals surface area (Å²) in [6.45, 7) is 10.9. The van der Waals surface area contributed by atoms with Crippen LogP contribution in [0.2, 0.25) is 0 Å². The number of unbranched alkanes of at least 4 members (excludes halogenated alkanes) is 10. The van der Waals surface area contributed by atoms with E-state index in [1.54, 1.807) is 18.6 Å². The highest BCUT2D eigenvalue weighted by molar-refractivity contribution is 4.88. The van der Waals surface area contributed by atoms with E-state index in [1.807, 2.05) is 6.92 Å². The van der Waals surface area contributed by atoms with Crippen molar-refractivity contribution in [2.45, 2.75) is 112 Å². The Balaban J connectivity index is 0. The smallest absolute Gasteiger partial charge is 0.0555 e. The summed E-state index contributed by atoms with van der Waals surface area (Å²) >= 11 is 0. The summed E-state index contributed by atoms with van der Waals surface area (Å²) in [5.41, 5.74) is 0.961. The first kappa shape index (κ1) is 24.3. The summed E-state index contributed by atoms with van der Waals surface area (Å²) in [7, 11) is 0. The van der Waals surface area contributed by atoms with E-state index in [4.69, 9.17) is 0 Å². The molecule has 0 unspecified atom stereocenters. The standard InChI is InChI=1S/2C8H18.C5H6N2/c2*1-3-5-7-8-6-4-2;1-5-4-6-2-3-7-5/h2*3-8H2,1-2H3;2-4H,1H3. The van der Waals surface area contributed by atoms with Crippen molar-refractivity contribution in [2.75, 3.05) is 0 Å². The Kier molecular flexibility index (Phi) is 24.7. The zero-order chi connectivity index (χ0) is 17.6. The molecule has 0 aliphatic heterocycles. The van der Waals surface area contributed by atoms with Gasteiger partial charge in [-0.2, -0.15) is 0 Å². The molecule has 0 fully saturated rings. The van der Waals surface area contributed by atoms with Crippen molar-refractivity contribution in [3.05, 3.63) is 24.3 Å². The molecular formula is C21H42N2. The number of rotatable bonds is 10. The van der Waals surface area contributed by atoms with Gasteiger partial charge in [0.05, 0.1) is 5.69 Å². The van der Waals surface area contributed by atoms with Crippen molar-refractivity contribution in [3.63, 3.8) is 0 Å². The van der Waals surface area contributed by atoms with Gasteiger partial charge >= 0.3 is 0 Å². The maximum atomic E-state index is 3.92. The van der Waals surface area contributed by atoms with Crippen LogP contribution in [0.25, 0.3) is 0 Å². The van der Waals surface area contributed by atoms with Gasteiger partial charge in [-0.25, -0.2) is 0 Å². The van der Waals surface area contributed by atoms with Gasteiger partial charge < -0.3 is 0 Å². The highest BCUT2D eigenvalue weighted by Crippen LogP contribution is 2.04. The van der Waals surface area contributed by atoms with Crippen molar-refractivity contribution < 1.29 is 0 Å². The first-order valence-electron chi connectivity index (χ1n) is 9.95. The number of hydrogen-bond acceptors (Lipinski definition) is 2. The summed E-state index contributed by atoms with van der Waals surface area (Å²) in [5, 5.41) is 0. The van der Waals surface area contributed by atoms with Gasteiger partial charge in [0.1, 0.15) is 0 Å². The number of aryl methyl sites for hydroxylation is 1. The maximum absolute atomic E-state index is 3.92. The zero-order valence-electron chi connectivity index (χ0n) is 16.6. The quantitative estimate of drug-likeness (QED) is 0.416. The van der Waals surface area contributed by atoms with Gasteiger partial charge in [0, 0.05) is 18.6 Å². The Labute approximate surface area is 146 Å². The Bertz CT molecular complexity index is 261. The largest absolute Gasteiger partial charge is 0.261 e. The SMILES string of the molecule is CCCCCCCC.CCCCCCCC.Cc1cnccn1. The fraction of sp³-hybridized carbons (Fsp3) is 0.810. The molecular weight excluding hydrogens is 280 g/mol. The monoisotopic (exact) mass is 322 g/mol. The van der Waals surface area contributed by atoms with E-state index >= 15 is 0 Å². The van der Waals surface area contributed by atoms with Crippen LogP contribution >= 0.6 is 0 Å². The molecule has 0 saturated heterocycles. The second-order valence-electron chi connectivity index (χ2n) is 6.18. The van der Waals surface area contributed by atoms with Crippen molar-refractivity contribution in [3.8, 4) is 0 Å². The molecule has 0 saturated carbocycles. The molecule has 23 heavy (non-hydrogen) atoms. The number of nitrogens with zero attached hydrogens (tertiary/aromatic N) is 2. The van der Waals surface area contributed by atoms with Crippen LogP contribution in [0.15, 0.2) is 18.6 Å². The van der Waals surface area contributed by atoms with Crippen LogP contribution in [-0.4, -0.2) is 9.97 Å². The van der Waals surface area contributed by atoms with E-state index in [0.29, 0.717) is 0 Å². The van der Waals surface area contributed by atoms with Crippen LogP contribution in [-0.2, 0) is 0 Å².